The fourth-order valence-corrected chi connectivity index (χ4v) is 3.23. The molecular weight excluding hydrogens is 344 g/mol. The number of benzene rings is 2. The molecule has 1 heterocycles. The lowest BCUT2D eigenvalue weighted by molar-refractivity contribution is -0.120. The molecule has 0 aliphatic carbocycles. The zero-order valence-corrected chi connectivity index (χ0v) is 15.4. The lowest BCUT2D eigenvalue weighted by atomic mass is 10.1. The second kappa shape index (κ2) is 8.03. The number of para-hydroxylation sites is 2. The van der Waals surface area contributed by atoms with Crippen LogP contribution in [0, 0.1) is 0 Å². The summed E-state index contributed by atoms with van der Waals surface area (Å²) in [5.41, 5.74) is 1.19. The van der Waals surface area contributed by atoms with Crippen molar-refractivity contribution < 1.29 is 19.1 Å². The fraction of sp³-hybridized carbons (Fsp3) is 0.286. The van der Waals surface area contributed by atoms with Crippen LogP contribution in [0.5, 0.6) is 5.75 Å². The zero-order valence-electron chi connectivity index (χ0n) is 15.4. The molecule has 1 atom stereocenters. The van der Waals surface area contributed by atoms with Gasteiger partial charge in [0, 0.05) is 0 Å². The average Bonchev–Trinajstić information content (AvgIpc) is 2.94. The first kappa shape index (κ1) is 18.6. The smallest absolute Gasteiger partial charge is 0.262 e. The van der Waals surface area contributed by atoms with Gasteiger partial charge in [-0.3, -0.25) is 19.3 Å². The Labute approximate surface area is 158 Å². The van der Waals surface area contributed by atoms with E-state index in [9.17, 15) is 14.4 Å². The van der Waals surface area contributed by atoms with Crippen LogP contribution >= 0.6 is 0 Å². The molecule has 0 saturated carbocycles. The number of fused-ring (bicyclic) bond motifs is 1. The monoisotopic (exact) mass is 366 g/mol. The Bertz CT molecular complexity index is 843. The highest BCUT2D eigenvalue weighted by Gasteiger charge is 2.42. The first-order valence-corrected chi connectivity index (χ1v) is 8.99. The van der Waals surface area contributed by atoms with Gasteiger partial charge in [-0.15, -0.1) is 0 Å². The highest BCUT2D eigenvalue weighted by Crippen LogP contribution is 2.28. The van der Waals surface area contributed by atoms with Crippen molar-refractivity contribution in [1.82, 2.24) is 4.90 Å². The van der Waals surface area contributed by atoms with Gasteiger partial charge in [0.15, 0.2) is 0 Å². The van der Waals surface area contributed by atoms with E-state index in [0.29, 0.717) is 29.0 Å². The number of unbranched alkanes of at least 4 members (excludes halogenated alkanes) is 1. The summed E-state index contributed by atoms with van der Waals surface area (Å²) >= 11 is 0. The molecule has 2 aromatic carbocycles. The highest BCUT2D eigenvalue weighted by atomic mass is 16.5. The first-order valence-electron chi connectivity index (χ1n) is 8.99. The van der Waals surface area contributed by atoms with Crippen LogP contribution in [0.4, 0.5) is 5.69 Å². The van der Waals surface area contributed by atoms with Crippen molar-refractivity contribution in [2.75, 3.05) is 12.4 Å². The van der Waals surface area contributed by atoms with Crippen molar-refractivity contribution in [2.45, 2.75) is 32.2 Å². The summed E-state index contributed by atoms with van der Waals surface area (Å²) in [7, 11) is 1.52. The molecule has 140 valence electrons. The Hall–Kier alpha value is -3.15. The normalized spacial score (nSPS) is 14.1. The zero-order chi connectivity index (χ0) is 19.4. The number of anilines is 1. The average molecular weight is 366 g/mol. The Morgan fingerprint density at radius 2 is 1.63 bits per heavy atom. The Morgan fingerprint density at radius 3 is 2.22 bits per heavy atom. The second-order valence-corrected chi connectivity index (χ2v) is 6.37. The number of hydrogen-bond acceptors (Lipinski definition) is 4. The van der Waals surface area contributed by atoms with E-state index in [1.165, 1.54) is 7.11 Å². The van der Waals surface area contributed by atoms with Crippen molar-refractivity contribution in [3.63, 3.8) is 0 Å². The molecule has 6 nitrogen and oxygen atoms in total. The van der Waals surface area contributed by atoms with E-state index >= 15 is 0 Å². The molecule has 1 aliphatic rings. The topological polar surface area (TPSA) is 75.7 Å². The maximum Gasteiger partial charge on any atom is 0.262 e. The van der Waals surface area contributed by atoms with Crippen LogP contribution in [0.15, 0.2) is 48.5 Å². The molecular formula is C21H22N2O4. The number of carbonyl (C=O) groups excluding carboxylic acids is 3. The summed E-state index contributed by atoms with van der Waals surface area (Å²) in [6, 6.07) is 12.8. The Morgan fingerprint density at radius 1 is 1.04 bits per heavy atom. The maximum absolute atomic E-state index is 13.0. The van der Waals surface area contributed by atoms with Gasteiger partial charge in [0.25, 0.3) is 11.8 Å². The molecule has 1 N–H and O–H groups in total. The van der Waals surface area contributed by atoms with Crippen molar-refractivity contribution in [3.05, 3.63) is 59.7 Å². The van der Waals surface area contributed by atoms with Gasteiger partial charge in [-0.2, -0.15) is 0 Å². The van der Waals surface area contributed by atoms with Gasteiger partial charge >= 0.3 is 0 Å². The number of nitrogens with one attached hydrogen (secondary N) is 1. The summed E-state index contributed by atoms with van der Waals surface area (Å²) < 4.78 is 5.26. The van der Waals surface area contributed by atoms with E-state index in [2.05, 4.69) is 5.32 Å². The van der Waals surface area contributed by atoms with Gasteiger partial charge in [-0.25, -0.2) is 0 Å². The molecule has 1 aliphatic heterocycles. The van der Waals surface area contributed by atoms with Crippen LogP contribution in [0.3, 0.4) is 0 Å². The molecule has 0 aromatic heterocycles. The largest absolute Gasteiger partial charge is 0.495 e. The minimum atomic E-state index is -0.873. The van der Waals surface area contributed by atoms with E-state index in [-0.39, 0.29) is 0 Å². The standard InChI is InChI=1S/C21H22N2O4/c1-3-4-12-17(19(24)22-16-11-7-8-13-18(16)27-2)23-20(25)14-9-5-6-10-15(14)21(23)26/h5-11,13,17H,3-4,12H2,1-2H3,(H,22,24)/t17-/m1/s1. The minimum Gasteiger partial charge on any atom is -0.495 e. The van der Waals surface area contributed by atoms with Gasteiger partial charge in [-0.05, 0) is 30.7 Å². The van der Waals surface area contributed by atoms with E-state index in [0.717, 1.165) is 17.7 Å². The van der Waals surface area contributed by atoms with Gasteiger partial charge in [0.2, 0.25) is 5.91 Å². The third kappa shape index (κ3) is 3.56. The summed E-state index contributed by atoms with van der Waals surface area (Å²) in [6.07, 6.45) is 1.97. The SMILES string of the molecule is CCCC[C@H](C(=O)Nc1ccccc1OC)N1C(=O)c2ccccc2C1=O. The number of ether oxygens (including phenoxy) is 1. The molecule has 0 radical (unpaired) electrons. The summed E-state index contributed by atoms with van der Waals surface area (Å²) in [4.78, 5) is 39.7. The van der Waals surface area contributed by atoms with E-state index in [1.54, 1.807) is 48.5 Å². The Balaban J connectivity index is 1.89. The number of hydrogen-bond donors (Lipinski definition) is 1. The predicted octanol–water partition coefficient (Wildman–Crippen LogP) is 3.49. The van der Waals surface area contributed by atoms with Crippen LogP contribution < -0.4 is 10.1 Å². The van der Waals surface area contributed by atoms with Gasteiger partial charge < -0.3 is 10.1 Å². The van der Waals surface area contributed by atoms with Gasteiger partial charge in [0.05, 0.1) is 23.9 Å². The molecule has 0 fully saturated rings. The van der Waals surface area contributed by atoms with Crippen LogP contribution in [-0.2, 0) is 4.79 Å². The number of rotatable bonds is 7. The summed E-state index contributed by atoms with van der Waals surface area (Å²) in [6.45, 7) is 2.00. The summed E-state index contributed by atoms with van der Waals surface area (Å²) in [5, 5.41) is 2.81. The maximum atomic E-state index is 13.0. The van der Waals surface area contributed by atoms with Crippen LogP contribution in [-0.4, -0.2) is 35.8 Å². The van der Waals surface area contributed by atoms with Gasteiger partial charge in [-0.1, -0.05) is 44.0 Å². The number of nitrogens with zero attached hydrogens (tertiary/aromatic N) is 1. The third-order valence-electron chi connectivity index (χ3n) is 4.64. The highest BCUT2D eigenvalue weighted by molar-refractivity contribution is 6.23. The lowest BCUT2D eigenvalue weighted by Crippen LogP contribution is -2.47. The molecule has 3 amide bonds. The Kier molecular flexibility index (Phi) is 5.54. The second-order valence-electron chi connectivity index (χ2n) is 6.37. The van der Waals surface area contributed by atoms with Crippen LogP contribution in [0.1, 0.15) is 46.9 Å². The third-order valence-corrected chi connectivity index (χ3v) is 4.64. The molecule has 0 spiro atoms. The van der Waals surface area contributed by atoms with E-state index < -0.39 is 23.8 Å². The number of carbonyl (C=O) groups is 3. The number of imide groups is 1. The minimum absolute atomic E-state index is 0.342. The van der Waals surface area contributed by atoms with Crippen LogP contribution in [0.25, 0.3) is 0 Å². The molecule has 6 heteroatoms. The van der Waals surface area contributed by atoms with Crippen molar-refractivity contribution in [2.24, 2.45) is 0 Å². The van der Waals surface area contributed by atoms with Crippen LogP contribution in [0.2, 0.25) is 0 Å². The molecule has 2 aromatic rings. The van der Waals surface area contributed by atoms with E-state index in [4.69, 9.17) is 4.74 Å². The van der Waals surface area contributed by atoms with Crippen molar-refractivity contribution >= 4 is 23.4 Å². The summed E-state index contributed by atoms with van der Waals surface area (Å²) in [5.74, 6) is -0.733. The fourth-order valence-electron chi connectivity index (χ4n) is 3.23. The number of amides is 3. The molecule has 0 unspecified atom stereocenters. The molecule has 0 bridgehead atoms. The molecule has 0 saturated heterocycles. The van der Waals surface area contributed by atoms with Crippen molar-refractivity contribution in [1.29, 1.82) is 0 Å². The molecule has 3 rings (SSSR count). The quantitative estimate of drug-likeness (QED) is 0.761. The lowest BCUT2D eigenvalue weighted by Gasteiger charge is -2.25. The predicted molar refractivity (Wildman–Crippen MR) is 102 cm³/mol. The van der Waals surface area contributed by atoms with E-state index in [1.807, 2.05) is 6.92 Å². The molecule has 27 heavy (non-hydrogen) atoms. The van der Waals surface area contributed by atoms with Gasteiger partial charge in [0.1, 0.15) is 11.8 Å². The first-order chi connectivity index (χ1) is 13.1. The van der Waals surface area contributed by atoms with Crippen molar-refractivity contribution in [3.8, 4) is 5.75 Å². The number of methoxy groups -OCH3 is 1.